The van der Waals surface area contributed by atoms with Gasteiger partial charge in [-0.15, -0.1) is 11.8 Å². The van der Waals surface area contributed by atoms with Crippen LogP contribution >= 0.6 is 11.8 Å². The van der Waals surface area contributed by atoms with Crippen LogP contribution in [0.5, 0.6) is 17.2 Å². The maximum Gasteiger partial charge on any atom is 0.240 e. The van der Waals surface area contributed by atoms with Crippen LogP contribution in [0.3, 0.4) is 0 Å². The van der Waals surface area contributed by atoms with Crippen molar-refractivity contribution in [2.24, 2.45) is 0 Å². The largest absolute Gasteiger partial charge is 0.497 e. The Morgan fingerprint density at radius 2 is 1.71 bits per heavy atom. The Hall–Kier alpha value is -2.95. The Morgan fingerprint density at radius 3 is 2.35 bits per heavy atom. The van der Waals surface area contributed by atoms with Crippen LogP contribution in [0.4, 0.5) is 5.69 Å². The molecule has 1 aliphatic heterocycles. The van der Waals surface area contributed by atoms with E-state index in [0.717, 1.165) is 11.3 Å². The summed E-state index contributed by atoms with van der Waals surface area (Å²) >= 11 is 1.26. The predicted octanol–water partition coefficient (Wildman–Crippen LogP) is 1.50. The number of benzene rings is 2. The molecule has 0 bridgehead atoms. The monoisotopic (exact) mass is 446 g/mol. The number of carbonyl (C=O) groups excluding carboxylic acids is 2. The molecule has 0 aromatic heterocycles. The topological polar surface area (TPSA) is 110 Å². The Kier molecular flexibility index (Phi) is 7.99. The molecule has 1 fully saturated rings. The van der Waals surface area contributed by atoms with E-state index in [-0.39, 0.29) is 17.6 Å². The minimum Gasteiger partial charge on any atom is -0.497 e. The van der Waals surface area contributed by atoms with Gasteiger partial charge in [0.25, 0.3) is 0 Å². The first kappa shape index (κ1) is 22.7. The fourth-order valence-corrected chi connectivity index (χ4v) is 3.72. The minimum atomic E-state index is -0.428. The summed E-state index contributed by atoms with van der Waals surface area (Å²) in [5.74, 6) is 1.69. The van der Waals surface area contributed by atoms with Gasteiger partial charge in [0.15, 0.2) is 0 Å². The standard InChI is InChI=1S/C21H26N4O5S/c1-28-14-6-4-13(5-7-14)10-17-20(27)23-21(25-24-17)31-12-19(26)22-16-9-8-15(29-2)11-18(16)30-3/h4-9,11,17,21,24-25H,10,12H2,1-3H3,(H,22,26)(H,23,27). The number of nitrogens with one attached hydrogen (secondary N) is 4. The van der Waals surface area contributed by atoms with E-state index in [9.17, 15) is 9.59 Å². The van der Waals surface area contributed by atoms with Crippen molar-refractivity contribution in [3.63, 3.8) is 0 Å². The third-order valence-corrected chi connectivity index (χ3v) is 5.64. The molecule has 0 saturated carbocycles. The van der Waals surface area contributed by atoms with Crippen molar-refractivity contribution in [2.75, 3.05) is 32.4 Å². The second-order valence-corrected chi connectivity index (χ2v) is 7.80. The Bertz CT molecular complexity index is 909. The van der Waals surface area contributed by atoms with Crippen LogP contribution < -0.4 is 35.7 Å². The first-order chi connectivity index (χ1) is 15.0. The van der Waals surface area contributed by atoms with Crippen molar-refractivity contribution in [3.8, 4) is 17.2 Å². The molecular weight excluding hydrogens is 420 g/mol. The summed E-state index contributed by atoms with van der Waals surface area (Å²) in [6.07, 6.45) is 0.526. The fourth-order valence-electron chi connectivity index (χ4n) is 2.98. The van der Waals surface area contributed by atoms with Crippen LogP contribution in [0.2, 0.25) is 0 Å². The number of hydrogen-bond donors (Lipinski definition) is 4. The number of anilines is 1. The second-order valence-electron chi connectivity index (χ2n) is 6.71. The molecular formula is C21H26N4O5S. The van der Waals surface area contributed by atoms with E-state index in [1.165, 1.54) is 18.9 Å². The first-order valence-corrected chi connectivity index (χ1v) is 10.6. The first-order valence-electron chi connectivity index (χ1n) is 9.60. The molecule has 3 rings (SSSR count). The maximum absolute atomic E-state index is 12.4. The fraction of sp³-hybridized carbons (Fsp3) is 0.333. The molecule has 31 heavy (non-hydrogen) atoms. The van der Waals surface area contributed by atoms with E-state index in [0.29, 0.717) is 23.6 Å². The average Bonchev–Trinajstić information content (AvgIpc) is 2.80. The molecule has 2 aromatic rings. The molecule has 9 nitrogen and oxygen atoms in total. The molecule has 0 spiro atoms. The Morgan fingerprint density at radius 1 is 1.00 bits per heavy atom. The van der Waals surface area contributed by atoms with E-state index in [1.807, 2.05) is 24.3 Å². The van der Waals surface area contributed by atoms with Gasteiger partial charge < -0.3 is 24.8 Å². The highest BCUT2D eigenvalue weighted by Gasteiger charge is 2.27. The molecule has 0 aliphatic carbocycles. The van der Waals surface area contributed by atoms with Gasteiger partial charge in [-0.1, -0.05) is 12.1 Å². The summed E-state index contributed by atoms with van der Waals surface area (Å²) < 4.78 is 15.6. The third kappa shape index (κ3) is 6.27. The molecule has 1 heterocycles. The summed E-state index contributed by atoms with van der Waals surface area (Å²) in [5, 5.41) is 5.67. The SMILES string of the molecule is COc1ccc(CC2NNC(SCC(=O)Nc3ccc(OC)cc3OC)NC2=O)cc1. The number of hydrazine groups is 1. The van der Waals surface area contributed by atoms with Crippen molar-refractivity contribution < 1.29 is 23.8 Å². The number of carbonyl (C=O) groups is 2. The van der Waals surface area contributed by atoms with E-state index in [2.05, 4.69) is 21.5 Å². The third-order valence-electron chi connectivity index (χ3n) is 4.64. The van der Waals surface area contributed by atoms with Crippen LogP contribution in [0.1, 0.15) is 5.56 Å². The minimum absolute atomic E-state index is 0.135. The molecule has 0 radical (unpaired) electrons. The van der Waals surface area contributed by atoms with Gasteiger partial charge in [-0.25, -0.2) is 10.9 Å². The highest BCUT2D eigenvalue weighted by molar-refractivity contribution is 8.00. The van der Waals surface area contributed by atoms with Crippen LogP contribution in [0, 0.1) is 0 Å². The lowest BCUT2D eigenvalue weighted by Gasteiger charge is -2.31. The molecule has 4 N–H and O–H groups in total. The summed E-state index contributed by atoms with van der Waals surface area (Å²) in [5.41, 5.74) is 7.18. The quantitative estimate of drug-likeness (QED) is 0.459. The zero-order valence-electron chi connectivity index (χ0n) is 17.6. The number of ether oxygens (including phenoxy) is 3. The zero-order valence-corrected chi connectivity index (χ0v) is 18.4. The molecule has 10 heteroatoms. The van der Waals surface area contributed by atoms with Crippen LogP contribution in [-0.2, 0) is 16.0 Å². The van der Waals surface area contributed by atoms with Gasteiger partial charge in [0, 0.05) is 6.07 Å². The van der Waals surface area contributed by atoms with Gasteiger partial charge in [-0.05, 0) is 36.2 Å². The van der Waals surface area contributed by atoms with Crippen molar-refractivity contribution >= 4 is 29.3 Å². The summed E-state index contributed by atoms with van der Waals surface area (Å²) in [7, 11) is 4.69. The van der Waals surface area contributed by atoms with Gasteiger partial charge in [0.2, 0.25) is 11.8 Å². The second kappa shape index (κ2) is 10.9. The zero-order chi connectivity index (χ0) is 22.2. The number of thioether (sulfide) groups is 1. The summed E-state index contributed by atoms with van der Waals surface area (Å²) in [6.45, 7) is 0. The van der Waals surface area contributed by atoms with Crippen molar-refractivity contribution in [1.82, 2.24) is 16.2 Å². The lowest BCUT2D eigenvalue weighted by molar-refractivity contribution is -0.125. The lowest BCUT2D eigenvalue weighted by atomic mass is 10.1. The van der Waals surface area contributed by atoms with Gasteiger partial charge in [-0.2, -0.15) is 0 Å². The average molecular weight is 447 g/mol. The molecule has 2 aromatic carbocycles. The number of rotatable bonds is 9. The predicted molar refractivity (Wildman–Crippen MR) is 119 cm³/mol. The van der Waals surface area contributed by atoms with Gasteiger partial charge >= 0.3 is 0 Å². The normalized spacial score (nSPS) is 18.1. The van der Waals surface area contributed by atoms with Crippen LogP contribution in [0.25, 0.3) is 0 Å². The van der Waals surface area contributed by atoms with Crippen molar-refractivity contribution in [2.45, 2.75) is 18.0 Å². The number of amides is 2. The molecule has 2 atom stereocenters. The smallest absolute Gasteiger partial charge is 0.240 e. The lowest BCUT2D eigenvalue weighted by Crippen LogP contribution is -2.64. The number of hydrogen-bond acceptors (Lipinski definition) is 8. The maximum atomic E-state index is 12.4. The number of methoxy groups -OCH3 is 3. The Labute approximate surface area is 185 Å². The molecule has 2 amide bonds. The van der Waals surface area contributed by atoms with Gasteiger partial charge in [0.1, 0.15) is 28.8 Å². The summed E-state index contributed by atoms with van der Waals surface area (Å²) in [6, 6.07) is 12.3. The van der Waals surface area contributed by atoms with E-state index < -0.39 is 11.5 Å². The van der Waals surface area contributed by atoms with Gasteiger partial charge in [0.05, 0.1) is 32.8 Å². The highest BCUT2D eigenvalue weighted by atomic mass is 32.2. The molecule has 1 aliphatic rings. The van der Waals surface area contributed by atoms with Crippen molar-refractivity contribution in [1.29, 1.82) is 0 Å². The molecule has 1 saturated heterocycles. The van der Waals surface area contributed by atoms with Crippen LogP contribution in [0.15, 0.2) is 42.5 Å². The van der Waals surface area contributed by atoms with E-state index >= 15 is 0 Å². The highest BCUT2D eigenvalue weighted by Crippen LogP contribution is 2.29. The molecule has 2 unspecified atom stereocenters. The summed E-state index contributed by atoms with van der Waals surface area (Å²) in [4.78, 5) is 24.8. The Balaban J connectivity index is 1.45. The van der Waals surface area contributed by atoms with Gasteiger partial charge in [-0.3, -0.25) is 9.59 Å². The van der Waals surface area contributed by atoms with Crippen molar-refractivity contribution in [3.05, 3.63) is 48.0 Å². The van der Waals surface area contributed by atoms with E-state index in [1.54, 1.807) is 32.4 Å². The van der Waals surface area contributed by atoms with Crippen LogP contribution in [-0.4, -0.2) is 50.4 Å². The van der Waals surface area contributed by atoms with E-state index in [4.69, 9.17) is 14.2 Å². The molecule has 166 valence electrons.